The minimum atomic E-state index is -0.0267. The van der Waals surface area contributed by atoms with E-state index in [1.807, 2.05) is 38.1 Å². The lowest BCUT2D eigenvalue weighted by Crippen LogP contribution is -2.07. The zero-order valence-electron chi connectivity index (χ0n) is 10.3. The normalized spacial score (nSPS) is 10.4. The van der Waals surface area contributed by atoms with E-state index in [2.05, 4.69) is 15.9 Å². The molecule has 0 unspecified atom stereocenters. The van der Waals surface area contributed by atoms with Crippen LogP contribution in [0.15, 0.2) is 40.9 Å². The van der Waals surface area contributed by atoms with Crippen LogP contribution in [-0.4, -0.2) is 5.78 Å². The molecule has 2 aromatic rings. The largest absolute Gasteiger partial charge is 0.398 e. The number of anilines is 1. The van der Waals surface area contributed by atoms with E-state index in [4.69, 9.17) is 5.73 Å². The van der Waals surface area contributed by atoms with E-state index in [0.29, 0.717) is 16.8 Å². The fourth-order valence-corrected chi connectivity index (χ4v) is 2.26. The van der Waals surface area contributed by atoms with Crippen LogP contribution in [0.3, 0.4) is 0 Å². The van der Waals surface area contributed by atoms with Gasteiger partial charge in [0.05, 0.1) is 0 Å². The second-order valence-corrected chi connectivity index (χ2v) is 5.22. The van der Waals surface area contributed by atoms with Gasteiger partial charge in [-0.25, -0.2) is 0 Å². The predicted octanol–water partition coefficient (Wildman–Crippen LogP) is 3.88. The maximum atomic E-state index is 12.5. The van der Waals surface area contributed by atoms with Crippen LogP contribution in [0.25, 0.3) is 0 Å². The Bertz CT molecular complexity index is 620. The Kier molecular flexibility index (Phi) is 3.53. The number of rotatable bonds is 2. The smallest absolute Gasteiger partial charge is 0.195 e. The molecule has 0 atom stereocenters. The molecule has 0 radical (unpaired) electrons. The van der Waals surface area contributed by atoms with Gasteiger partial charge in [-0.3, -0.25) is 4.79 Å². The van der Waals surface area contributed by atoms with E-state index in [9.17, 15) is 4.79 Å². The summed E-state index contributed by atoms with van der Waals surface area (Å²) in [6.45, 7) is 3.95. The third-order valence-electron chi connectivity index (χ3n) is 3.11. The van der Waals surface area contributed by atoms with Gasteiger partial charge in [0, 0.05) is 21.3 Å². The second kappa shape index (κ2) is 4.94. The fraction of sp³-hybridized carbons (Fsp3) is 0.133. The second-order valence-electron chi connectivity index (χ2n) is 4.31. The lowest BCUT2D eigenvalue weighted by Gasteiger charge is -2.09. The first-order chi connectivity index (χ1) is 8.50. The van der Waals surface area contributed by atoms with Crippen molar-refractivity contribution < 1.29 is 4.79 Å². The molecule has 2 nitrogen and oxygen atoms in total. The quantitative estimate of drug-likeness (QED) is 0.676. The average molecular weight is 304 g/mol. The van der Waals surface area contributed by atoms with Crippen molar-refractivity contribution in [1.29, 1.82) is 0 Å². The number of halogens is 1. The zero-order chi connectivity index (χ0) is 13.3. The van der Waals surface area contributed by atoms with Crippen molar-refractivity contribution in [3.05, 3.63) is 63.1 Å². The Hall–Kier alpha value is -1.61. The van der Waals surface area contributed by atoms with Crippen molar-refractivity contribution in [3.8, 4) is 0 Å². The molecule has 0 saturated carbocycles. The van der Waals surface area contributed by atoms with E-state index in [1.165, 1.54) is 0 Å². The number of carbonyl (C=O) groups is 1. The number of carbonyl (C=O) groups excluding carboxylic acids is 1. The Labute approximate surface area is 115 Å². The third kappa shape index (κ3) is 2.31. The van der Waals surface area contributed by atoms with Crippen molar-refractivity contribution in [1.82, 2.24) is 0 Å². The van der Waals surface area contributed by atoms with E-state index < -0.39 is 0 Å². The summed E-state index contributed by atoms with van der Waals surface area (Å²) < 4.78 is 0.873. The number of benzene rings is 2. The van der Waals surface area contributed by atoms with Crippen LogP contribution in [0.2, 0.25) is 0 Å². The van der Waals surface area contributed by atoms with Gasteiger partial charge in [0.2, 0.25) is 0 Å². The van der Waals surface area contributed by atoms with Gasteiger partial charge < -0.3 is 5.73 Å². The number of nitrogens with two attached hydrogens (primary N) is 1. The van der Waals surface area contributed by atoms with Crippen LogP contribution in [0.4, 0.5) is 5.69 Å². The number of nitrogen functional groups attached to an aromatic ring is 1. The molecule has 0 aliphatic rings. The molecule has 0 aliphatic heterocycles. The summed E-state index contributed by atoms with van der Waals surface area (Å²) in [5.41, 5.74) is 9.77. The Morgan fingerprint density at radius 1 is 1.11 bits per heavy atom. The Morgan fingerprint density at radius 2 is 1.83 bits per heavy atom. The van der Waals surface area contributed by atoms with Crippen LogP contribution < -0.4 is 5.73 Å². The lowest BCUT2D eigenvalue weighted by molar-refractivity contribution is 0.103. The highest BCUT2D eigenvalue weighted by Crippen LogP contribution is 2.23. The first-order valence-corrected chi connectivity index (χ1v) is 6.46. The lowest BCUT2D eigenvalue weighted by atomic mass is 9.95. The van der Waals surface area contributed by atoms with Crippen LogP contribution in [0, 0.1) is 13.8 Å². The van der Waals surface area contributed by atoms with Gasteiger partial charge in [0.25, 0.3) is 0 Å². The summed E-state index contributed by atoms with van der Waals surface area (Å²) in [6, 6.07) is 11.1. The molecule has 0 amide bonds. The summed E-state index contributed by atoms with van der Waals surface area (Å²) in [4.78, 5) is 12.5. The summed E-state index contributed by atoms with van der Waals surface area (Å²) in [7, 11) is 0. The molecule has 0 aliphatic carbocycles. The maximum Gasteiger partial charge on any atom is 0.195 e. The molecule has 2 aromatic carbocycles. The molecule has 3 heteroatoms. The molecule has 2 N–H and O–H groups in total. The van der Waals surface area contributed by atoms with Crippen LogP contribution in [-0.2, 0) is 0 Å². The van der Waals surface area contributed by atoms with Gasteiger partial charge in [-0.15, -0.1) is 0 Å². The van der Waals surface area contributed by atoms with Crippen molar-refractivity contribution >= 4 is 27.4 Å². The summed E-state index contributed by atoms with van der Waals surface area (Å²) in [5.74, 6) is -0.0267. The molecule has 92 valence electrons. The average Bonchev–Trinajstić information content (AvgIpc) is 2.32. The molecule has 0 bridgehead atoms. The number of hydrogen-bond acceptors (Lipinski definition) is 2. The molecule has 0 spiro atoms. The van der Waals surface area contributed by atoms with Crippen molar-refractivity contribution in [2.24, 2.45) is 0 Å². The van der Waals surface area contributed by atoms with Crippen molar-refractivity contribution in [2.75, 3.05) is 5.73 Å². The SMILES string of the molecule is Cc1cccc(C(=O)c2ccc(Br)cc2N)c1C. The van der Waals surface area contributed by atoms with Gasteiger partial charge >= 0.3 is 0 Å². The molecule has 0 heterocycles. The van der Waals surface area contributed by atoms with Gasteiger partial charge in [-0.05, 0) is 43.2 Å². The highest BCUT2D eigenvalue weighted by atomic mass is 79.9. The van der Waals surface area contributed by atoms with Crippen molar-refractivity contribution in [3.63, 3.8) is 0 Å². The molecular weight excluding hydrogens is 290 g/mol. The summed E-state index contributed by atoms with van der Waals surface area (Å²) >= 11 is 3.34. The van der Waals surface area contributed by atoms with Crippen LogP contribution in [0.5, 0.6) is 0 Å². The highest BCUT2D eigenvalue weighted by molar-refractivity contribution is 9.10. The molecule has 2 rings (SSSR count). The standard InChI is InChI=1S/C15H14BrNO/c1-9-4-3-5-12(10(9)2)15(18)13-7-6-11(16)8-14(13)17/h3-8H,17H2,1-2H3. The van der Waals surface area contributed by atoms with E-state index in [1.54, 1.807) is 12.1 Å². The van der Waals surface area contributed by atoms with Crippen molar-refractivity contribution in [2.45, 2.75) is 13.8 Å². The molecule has 0 aromatic heterocycles. The topological polar surface area (TPSA) is 43.1 Å². The number of hydrogen-bond donors (Lipinski definition) is 1. The van der Waals surface area contributed by atoms with Gasteiger partial charge in [0.15, 0.2) is 5.78 Å². The predicted molar refractivity (Wildman–Crippen MR) is 77.9 cm³/mol. The van der Waals surface area contributed by atoms with Crippen LogP contribution in [0.1, 0.15) is 27.0 Å². The zero-order valence-corrected chi connectivity index (χ0v) is 11.9. The molecule has 0 fully saturated rings. The number of ketones is 1. The monoisotopic (exact) mass is 303 g/mol. The molecule has 18 heavy (non-hydrogen) atoms. The fourth-order valence-electron chi connectivity index (χ4n) is 1.88. The number of aryl methyl sites for hydroxylation is 1. The minimum absolute atomic E-state index is 0.0267. The molecule has 0 saturated heterocycles. The van der Waals surface area contributed by atoms with E-state index >= 15 is 0 Å². The minimum Gasteiger partial charge on any atom is -0.398 e. The Balaban J connectivity index is 2.51. The van der Waals surface area contributed by atoms with Crippen LogP contribution >= 0.6 is 15.9 Å². The van der Waals surface area contributed by atoms with Gasteiger partial charge in [-0.2, -0.15) is 0 Å². The highest BCUT2D eigenvalue weighted by Gasteiger charge is 2.15. The van der Waals surface area contributed by atoms with E-state index in [0.717, 1.165) is 15.6 Å². The Morgan fingerprint density at radius 3 is 2.50 bits per heavy atom. The van der Waals surface area contributed by atoms with Gasteiger partial charge in [-0.1, -0.05) is 34.1 Å². The van der Waals surface area contributed by atoms with E-state index in [-0.39, 0.29) is 5.78 Å². The maximum absolute atomic E-state index is 12.5. The summed E-state index contributed by atoms with van der Waals surface area (Å²) in [6.07, 6.45) is 0. The first-order valence-electron chi connectivity index (χ1n) is 5.66. The van der Waals surface area contributed by atoms with Gasteiger partial charge in [0.1, 0.15) is 0 Å². The third-order valence-corrected chi connectivity index (χ3v) is 3.60. The summed E-state index contributed by atoms with van der Waals surface area (Å²) in [5, 5.41) is 0. The first kappa shape index (κ1) is 12.8. The molecular formula is C15H14BrNO.